The molecule has 1 amide bonds. The molecule has 0 spiro atoms. The summed E-state index contributed by atoms with van der Waals surface area (Å²) < 4.78 is 1.11. The topological polar surface area (TPSA) is 88.4 Å². The quantitative estimate of drug-likeness (QED) is 0.413. The Labute approximate surface area is 186 Å². The monoisotopic (exact) mass is 452 g/mol. The first-order valence-electron chi connectivity index (χ1n) is 9.10. The number of carbonyl (C=O) groups excluding carboxylic acids is 1. The smallest absolute Gasteiger partial charge is 0.341 e. The van der Waals surface area contributed by atoms with Crippen LogP contribution in [0.15, 0.2) is 77.7 Å². The molecular weight excluding hydrogens is 439 g/mol. The summed E-state index contributed by atoms with van der Waals surface area (Å²) in [6.45, 7) is 0. The Morgan fingerprint density at radius 1 is 0.903 bits per heavy atom. The highest BCUT2D eigenvalue weighted by atomic mass is 35.5. The lowest BCUT2D eigenvalue weighted by Gasteiger charge is -2.15. The minimum atomic E-state index is -1.41. The standard InChI is InChI=1S/C23H14Cl2N2O4/c24-13-9-10-18(25)16(11-13)14-5-1-3-7-19(14)26-23(31)27-12-17(22(29)30)21(28)15-6-2-4-8-20(15)27/h1-12H,(H,26,31)(H,29,30). The van der Waals surface area contributed by atoms with Crippen LogP contribution in [-0.4, -0.2) is 21.7 Å². The molecule has 0 unspecified atom stereocenters. The molecule has 31 heavy (non-hydrogen) atoms. The lowest BCUT2D eigenvalue weighted by atomic mass is 10.0. The molecule has 0 aliphatic heterocycles. The summed E-state index contributed by atoms with van der Waals surface area (Å²) >= 11 is 12.4. The predicted octanol–water partition coefficient (Wildman–Crippen LogP) is 5.75. The SMILES string of the molecule is O=C(O)c1cn(C(=O)Nc2ccccc2-c2cc(Cl)ccc2Cl)c2ccccc2c1=O. The number of aromatic carboxylic acids is 1. The zero-order chi connectivity index (χ0) is 22.1. The molecular formula is C23H14Cl2N2O4. The number of fused-ring (bicyclic) bond motifs is 1. The third kappa shape index (κ3) is 3.91. The van der Waals surface area contributed by atoms with Crippen molar-refractivity contribution in [1.29, 1.82) is 0 Å². The molecule has 4 aromatic rings. The number of carboxylic acids is 1. The van der Waals surface area contributed by atoms with Gasteiger partial charge in [0.2, 0.25) is 5.43 Å². The Bertz CT molecular complexity index is 1410. The fourth-order valence-electron chi connectivity index (χ4n) is 3.30. The van der Waals surface area contributed by atoms with Crippen LogP contribution in [0.25, 0.3) is 22.0 Å². The van der Waals surface area contributed by atoms with E-state index in [4.69, 9.17) is 23.2 Å². The largest absolute Gasteiger partial charge is 0.477 e. The summed E-state index contributed by atoms with van der Waals surface area (Å²) in [6, 6.07) is 17.7. The van der Waals surface area contributed by atoms with E-state index in [-0.39, 0.29) is 10.9 Å². The second-order valence-electron chi connectivity index (χ2n) is 6.66. The average Bonchev–Trinajstić information content (AvgIpc) is 2.76. The maximum atomic E-state index is 13.1. The highest BCUT2D eigenvalue weighted by Crippen LogP contribution is 2.35. The number of benzene rings is 3. The number of nitrogens with zero attached hydrogens (tertiary/aromatic N) is 1. The highest BCUT2D eigenvalue weighted by molar-refractivity contribution is 6.35. The van der Waals surface area contributed by atoms with E-state index in [2.05, 4.69) is 5.32 Å². The Balaban J connectivity index is 1.83. The number of amides is 1. The lowest BCUT2D eigenvalue weighted by molar-refractivity contribution is 0.0695. The van der Waals surface area contributed by atoms with Gasteiger partial charge in [0, 0.05) is 32.8 Å². The van der Waals surface area contributed by atoms with E-state index in [1.807, 2.05) is 0 Å². The second kappa shape index (κ2) is 8.26. The van der Waals surface area contributed by atoms with Crippen LogP contribution in [0.4, 0.5) is 10.5 Å². The van der Waals surface area contributed by atoms with Crippen molar-refractivity contribution in [2.75, 3.05) is 5.32 Å². The van der Waals surface area contributed by atoms with E-state index >= 15 is 0 Å². The van der Waals surface area contributed by atoms with E-state index in [0.29, 0.717) is 26.9 Å². The minimum Gasteiger partial charge on any atom is -0.477 e. The summed E-state index contributed by atoms with van der Waals surface area (Å²) in [6.07, 6.45) is 1.03. The van der Waals surface area contributed by atoms with Gasteiger partial charge in [-0.3, -0.25) is 9.36 Å². The molecule has 0 radical (unpaired) electrons. The van der Waals surface area contributed by atoms with Crippen molar-refractivity contribution in [2.24, 2.45) is 0 Å². The predicted molar refractivity (Wildman–Crippen MR) is 121 cm³/mol. The van der Waals surface area contributed by atoms with Crippen molar-refractivity contribution in [2.45, 2.75) is 0 Å². The molecule has 0 aliphatic carbocycles. The van der Waals surface area contributed by atoms with Gasteiger partial charge in [-0.2, -0.15) is 0 Å². The van der Waals surface area contributed by atoms with Crippen LogP contribution in [0.2, 0.25) is 10.0 Å². The van der Waals surface area contributed by atoms with Crippen molar-refractivity contribution < 1.29 is 14.7 Å². The van der Waals surface area contributed by atoms with Crippen LogP contribution in [0.1, 0.15) is 10.4 Å². The number of aromatic nitrogens is 1. The van der Waals surface area contributed by atoms with E-state index in [0.717, 1.165) is 10.8 Å². The fraction of sp³-hybridized carbons (Fsp3) is 0. The molecule has 8 heteroatoms. The molecule has 0 bridgehead atoms. The van der Waals surface area contributed by atoms with E-state index < -0.39 is 23.0 Å². The summed E-state index contributed by atoms with van der Waals surface area (Å²) in [5.41, 5.74) is 0.830. The first kappa shape index (κ1) is 20.7. The molecule has 1 aromatic heterocycles. The van der Waals surface area contributed by atoms with Crippen molar-refractivity contribution in [3.63, 3.8) is 0 Å². The number of rotatable bonds is 3. The van der Waals surface area contributed by atoms with Crippen LogP contribution < -0.4 is 10.7 Å². The molecule has 4 rings (SSSR count). The molecule has 0 atom stereocenters. The van der Waals surface area contributed by atoms with Gasteiger partial charge in [0.05, 0.1) is 11.2 Å². The van der Waals surface area contributed by atoms with Crippen LogP contribution in [0, 0.1) is 0 Å². The van der Waals surface area contributed by atoms with Crippen LogP contribution in [-0.2, 0) is 0 Å². The zero-order valence-corrected chi connectivity index (χ0v) is 17.3. The van der Waals surface area contributed by atoms with Gasteiger partial charge in [-0.1, -0.05) is 53.5 Å². The molecule has 0 saturated carbocycles. The summed E-state index contributed by atoms with van der Waals surface area (Å²) in [5.74, 6) is -1.41. The first-order chi connectivity index (χ1) is 14.9. The van der Waals surface area contributed by atoms with Gasteiger partial charge >= 0.3 is 12.0 Å². The summed E-state index contributed by atoms with van der Waals surface area (Å²) in [7, 11) is 0. The molecule has 0 aliphatic rings. The highest BCUT2D eigenvalue weighted by Gasteiger charge is 2.18. The van der Waals surface area contributed by atoms with E-state index in [9.17, 15) is 19.5 Å². The van der Waals surface area contributed by atoms with Gasteiger partial charge in [0.25, 0.3) is 0 Å². The summed E-state index contributed by atoms with van der Waals surface area (Å²) in [4.78, 5) is 37.1. The second-order valence-corrected chi connectivity index (χ2v) is 7.51. The van der Waals surface area contributed by atoms with Gasteiger partial charge in [-0.15, -0.1) is 0 Å². The van der Waals surface area contributed by atoms with Crippen LogP contribution in [0.5, 0.6) is 0 Å². The van der Waals surface area contributed by atoms with E-state index in [1.54, 1.807) is 60.7 Å². The molecule has 0 fully saturated rings. The minimum absolute atomic E-state index is 0.128. The number of carboxylic acid groups (broad SMARTS) is 1. The summed E-state index contributed by atoms with van der Waals surface area (Å²) in [5, 5.41) is 13.2. The molecule has 1 heterocycles. The average molecular weight is 453 g/mol. The number of pyridine rings is 1. The Morgan fingerprint density at radius 2 is 1.61 bits per heavy atom. The van der Waals surface area contributed by atoms with Gasteiger partial charge < -0.3 is 10.4 Å². The van der Waals surface area contributed by atoms with Crippen molar-refractivity contribution in [3.8, 4) is 11.1 Å². The van der Waals surface area contributed by atoms with Gasteiger partial charge in [0.1, 0.15) is 5.56 Å². The molecule has 0 saturated heterocycles. The van der Waals surface area contributed by atoms with Gasteiger partial charge in [-0.25, -0.2) is 9.59 Å². The fourth-order valence-corrected chi connectivity index (χ4v) is 3.70. The van der Waals surface area contributed by atoms with Crippen molar-refractivity contribution in [1.82, 2.24) is 4.57 Å². The normalized spacial score (nSPS) is 10.8. The van der Waals surface area contributed by atoms with Gasteiger partial charge in [-0.05, 0) is 36.4 Å². The number of anilines is 1. The van der Waals surface area contributed by atoms with Crippen LogP contribution >= 0.6 is 23.2 Å². The Kier molecular flexibility index (Phi) is 5.50. The Morgan fingerprint density at radius 3 is 2.39 bits per heavy atom. The number of para-hydroxylation sites is 2. The van der Waals surface area contributed by atoms with E-state index in [1.165, 1.54) is 6.07 Å². The number of carbonyl (C=O) groups is 2. The number of halogens is 2. The lowest BCUT2D eigenvalue weighted by Crippen LogP contribution is -2.25. The Hall–Kier alpha value is -3.61. The maximum Gasteiger partial charge on any atom is 0.341 e. The number of hydrogen-bond acceptors (Lipinski definition) is 3. The molecule has 6 nitrogen and oxygen atoms in total. The third-order valence-electron chi connectivity index (χ3n) is 4.75. The first-order valence-corrected chi connectivity index (χ1v) is 9.86. The molecule has 2 N–H and O–H groups in total. The zero-order valence-electron chi connectivity index (χ0n) is 15.8. The maximum absolute atomic E-state index is 13.1. The van der Waals surface area contributed by atoms with Crippen molar-refractivity contribution in [3.05, 3.63) is 98.8 Å². The van der Waals surface area contributed by atoms with Crippen LogP contribution in [0.3, 0.4) is 0 Å². The molecule has 3 aromatic carbocycles. The third-order valence-corrected chi connectivity index (χ3v) is 5.31. The van der Waals surface area contributed by atoms with Crippen molar-refractivity contribution >= 4 is 51.8 Å². The number of hydrogen-bond donors (Lipinski definition) is 2. The van der Waals surface area contributed by atoms with Gasteiger partial charge in [0.15, 0.2) is 0 Å². The molecule has 154 valence electrons. The number of nitrogens with one attached hydrogen (secondary N) is 1.